The molecule has 0 spiro atoms. The number of Topliss-reactive ketones (excluding diaryl/α,β-unsaturated/α-hetero) is 1. The van der Waals surface area contributed by atoms with E-state index in [1.807, 2.05) is 33.8 Å². The number of likely N-dealkylation sites (tertiary alicyclic amines) is 1. The van der Waals surface area contributed by atoms with Crippen LogP contribution in [-0.4, -0.2) is 35.4 Å². The quantitative estimate of drug-likeness (QED) is 0.264. The van der Waals surface area contributed by atoms with Crippen LogP contribution in [0.4, 0.5) is 0 Å². The van der Waals surface area contributed by atoms with E-state index in [0.717, 1.165) is 5.56 Å². The van der Waals surface area contributed by atoms with E-state index in [9.17, 15) is 14.7 Å². The van der Waals surface area contributed by atoms with E-state index in [0.29, 0.717) is 35.0 Å². The van der Waals surface area contributed by atoms with Crippen LogP contribution in [0, 0.1) is 0 Å². The number of ether oxygens (including phenoxy) is 2. The summed E-state index contributed by atoms with van der Waals surface area (Å²) < 4.78 is 16.5. The number of rotatable bonds is 7. The highest BCUT2D eigenvalue weighted by atomic mass is 16.5. The van der Waals surface area contributed by atoms with Gasteiger partial charge in [0.05, 0.1) is 38.1 Å². The second-order valence-electron chi connectivity index (χ2n) is 9.67. The van der Waals surface area contributed by atoms with Crippen molar-refractivity contribution in [1.29, 1.82) is 0 Å². The number of hydrogen-bond donors (Lipinski definition) is 1. The Morgan fingerprint density at radius 2 is 1.81 bits per heavy atom. The fourth-order valence-electron chi connectivity index (χ4n) is 4.45. The Morgan fingerprint density at radius 1 is 1.08 bits per heavy atom. The minimum absolute atomic E-state index is 0.0285. The van der Waals surface area contributed by atoms with Gasteiger partial charge in [-0.15, -0.1) is 0 Å². The third-order valence-corrected chi connectivity index (χ3v) is 6.24. The average Bonchev–Trinajstić information content (AvgIpc) is 3.46. The van der Waals surface area contributed by atoms with Crippen LogP contribution in [-0.2, 0) is 21.5 Å². The summed E-state index contributed by atoms with van der Waals surface area (Å²) in [4.78, 5) is 27.9. The molecule has 1 amide bonds. The second kappa shape index (κ2) is 9.93. The molecule has 1 saturated heterocycles. The molecule has 1 N–H and O–H groups in total. The first-order chi connectivity index (χ1) is 17.2. The molecule has 7 heteroatoms. The Balaban J connectivity index is 1.88. The highest BCUT2D eigenvalue weighted by Crippen LogP contribution is 2.42. The Kier molecular flexibility index (Phi) is 6.93. The minimum atomic E-state index is -0.800. The lowest BCUT2D eigenvalue weighted by molar-refractivity contribution is -0.140. The number of carbonyl (C=O) groups excluding carboxylic acids is 2. The Labute approximate surface area is 210 Å². The van der Waals surface area contributed by atoms with Crippen LogP contribution in [0.3, 0.4) is 0 Å². The summed E-state index contributed by atoms with van der Waals surface area (Å²) in [6.45, 7) is 8.65. The molecule has 0 aliphatic carbocycles. The topological polar surface area (TPSA) is 89.2 Å². The fraction of sp³-hybridized carbons (Fsp3) is 0.310. The van der Waals surface area contributed by atoms with Gasteiger partial charge < -0.3 is 23.9 Å². The molecule has 2 heterocycles. The predicted octanol–water partition coefficient (Wildman–Crippen LogP) is 5.61. The van der Waals surface area contributed by atoms with E-state index in [2.05, 4.69) is 0 Å². The van der Waals surface area contributed by atoms with Crippen molar-refractivity contribution in [3.8, 4) is 11.5 Å². The number of aliphatic hydroxyl groups is 1. The minimum Gasteiger partial charge on any atom is -0.507 e. The zero-order valence-electron chi connectivity index (χ0n) is 21.2. The average molecular weight is 490 g/mol. The molecule has 1 aliphatic heterocycles. The van der Waals surface area contributed by atoms with Crippen molar-refractivity contribution in [1.82, 2.24) is 4.90 Å². The molecule has 1 atom stereocenters. The molecule has 2 aromatic carbocycles. The molecule has 1 aliphatic rings. The zero-order valence-corrected chi connectivity index (χ0v) is 21.2. The number of ketones is 1. The molecule has 0 saturated carbocycles. The summed E-state index contributed by atoms with van der Waals surface area (Å²) in [7, 11) is 1.57. The van der Waals surface area contributed by atoms with Gasteiger partial charge in [-0.25, -0.2) is 0 Å². The van der Waals surface area contributed by atoms with Gasteiger partial charge in [-0.1, -0.05) is 32.9 Å². The maximum absolute atomic E-state index is 13.3. The molecular weight excluding hydrogens is 458 g/mol. The van der Waals surface area contributed by atoms with Crippen LogP contribution in [0.25, 0.3) is 5.76 Å². The summed E-state index contributed by atoms with van der Waals surface area (Å²) in [5.41, 5.74) is 1.75. The van der Waals surface area contributed by atoms with Gasteiger partial charge in [0.1, 0.15) is 23.0 Å². The van der Waals surface area contributed by atoms with Gasteiger partial charge in [0.2, 0.25) is 0 Å². The van der Waals surface area contributed by atoms with E-state index in [1.54, 1.807) is 55.6 Å². The molecular formula is C29H31NO6. The molecule has 7 nitrogen and oxygen atoms in total. The molecule has 3 aromatic rings. The van der Waals surface area contributed by atoms with Gasteiger partial charge in [0.25, 0.3) is 11.7 Å². The van der Waals surface area contributed by atoms with E-state index in [4.69, 9.17) is 13.9 Å². The molecule has 4 rings (SSSR count). The van der Waals surface area contributed by atoms with E-state index >= 15 is 0 Å². The van der Waals surface area contributed by atoms with Crippen molar-refractivity contribution in [2.24, 2.45) is 0 Å². The first-order valence-electron chi connectivity index (χ1n) is 11.9. The lowest BCUT2D eigenvalue weighted by Gasteiger charge is -2.25. The van der Waals surface area contributed by atoms with E-state index < -0.39 is 17.7 Å². The Hall–Kier alpha value is -4.00. The third-order valence-electron chi connectivity index (χ3n) is 6.24. The van der Waals surface area contributed by atoms with Crippen molar-refractivity contribution >= 4 is 17.4 Å². The molecule has 0 radical (unpaired) electrons. The molecule has 1 aromatic heterocycles. The summed E-state index contributed by atoms with van der Waals surface area (Å²) in [6.07, 6.45) is 1.52. The van der Waals surface area contributed by atoms with Gasteiger partial charge in [0, 0.05) is 11.1 Å². The Bertz CT molecular complexity index is 1280. The highest BCUT2D eigenvalue weighted by Gasteiger charge is 2.46. The second-order valence-corrected chi connectivity index (χ2v) is 9.67. The number of methoxy groups -OCH3 is 1. The number of carbonyl (C=O) groups is 2. The van der Waals surface area contributed by atoms with Gasteiger partial charge >= 0.3 is 0 Å². The lowest BCUT2D eigenvalue weighted by Crippen LogP contribution is -2.29. The summed E-state index contributed by atoms with van der Waals surface area (Å²) in [6, 6.07) is 15.1. The summed E-state index contributed by atoms with van der Waals surface area (Å²) in [5, 5.41) is 11.5. The molecule has 36 heavy (non-hydrogen) atoms. The van der Waals surface area contributed by atoms with Crippen LogP contribution in [0.2, 0.25) is 0 Å². The zero-order chi connectivity index (χ0) is 26.0. The van der Waals surface area contributed by atoms with Crippen LogP contribution in [0.15, 0.2) is 70.9 Å². The predicted molar refractivity (Wildman–Crippen MR) is 136 cm³/mol. The van der Waals surface area contributed by atoms with E-state index in [-0.39, 0.29) is 23.3 Å². The van der Waals surface area contributed by atoms with Crippen LogP contribution in [0.5, 0.6) is 11.5 Å². The van der Waals surface area contributed by atoms with Gasteiger partial charge in [0.15, 0.2) is 0 Å². The lowest BCUT2D eigenvalue weighted by atomic mass is 9.84. The van der Waals surface area contributed by atoms with Gasteiger partial charge in [-0.3, -0.25) is 9.59 Å². The van der Waals surface area contributed by atoms with Crippen molar-refractivity contribution in [2.45, 2.75) is 45.7 Å². The number of hydrogen-bond acceptors (Lipinski definition) is 6. The Morgan fingerprint density at radius 3 is 2.39 bits per heavy atom. The van der Waals surface area contributed by atoms with Crippen LogP contribution < -0.4 is 9.47 Å². The monoisotopic (exact) mass is 489 g/mol. The molecule has 188 valence electrons. The fourth-order valence-corrected chi connectivity index (χ4v) is 4.45. The number of aliphatic hydroxyl groups excluding tert-OH is 1. The molecule has 1 fully saturated rings. The van der Waals surface area contributed by atoms with Crippen molar-refractivity contribution in [2.75, 3.05) is 13.7 Å². The van der Waals surface area contributed by atoms with Crippen molar-refractivity contribution in [3.63, 3.8) is 0 Å². The summed E-state index contributed by atoms with van der Waals surface area (Å²) in [5.74, 6) is 0.215. The standard InChI is InChI=1S/C29H31NO6/c1-6-35-23-14-11-19(16-22(23)29(2,3)4)26(31)24-25(18-9-12-20(34-5)13-10-18)30(28(33)27(24)32)17-21-8-7-15-36-21/h7-16,25,31H,6,17H2,1-5H3/b26-24-. The molecule has 0 bridgehead atoms. The van der Waals surface area contributed by atoms with Crippen LogP contribution >= 0.6 is 0 Å². The van der Waals surface area contributed by atoms with Crippen LogP contribution in [0.1, 0.15) is 56.2 Å². The molecule has 1 unspecified atom stereocenters. The summed E-state index contributed by atoms with van der Waals surface area (Å²) >= 11 is 0. The normalized spacial score (nSPS) is 17.5. The number of benzene rings is 2. The SMILES string of the molecule is CCOc1ccc(/C(O)=C2/C(=O)C(=O)N(Cc3ccco3)C2c2ccc(OC)cc2)cc1C(C)(C)C. The number of nitrogens with zero attached hydrogens (tertiary/aromatic N) is 1. The highest BCUT2D eigenvalue weighted by molar-refractivity contribution is 6.46. The largest absolute Gasteiger partial charge is 0.507 e. The third kappa shape index (κ3) is 4.73. The smallest absolute Gasteiger partial charge is 0.296 e. The van der Waals surface area contributed by atoms with E-state index in [1.165, 1.54) is 11.2 Å². The number of amides is 1. The maximum atomic E-state index is 13.3. The van der Waals surface area contributed by atoms with Gasteiger partial charge in [-0.2, -0.15) is 0 Å². The number of furan rings is 1. The first kappa shape index (κ1) is 25.1. The first-order valence-corrected chi connectivity index (χ1v) is 11.9. The van der Waals surface area contributed by atoms with Crippen molar-refractivity contribution < 1.29 is 28.6 Å². The van der Waals surface area contributed by atoms with Crippen molar-refractivity contribution in [3.05, 3.63) is 88.9 Å². The maximum Gasteiger partial charge on any atom is 0.296 e. The van der Waals surface area contributed by atoms with Gasteiger partial charge in [-0.05, 0) is 60.4 Å².